The van der Waals surface area contributed by atoms with Gasteiger partial charge in [0.25, 0.3) is 10.1 Å². The standard InChI is InChI=1S/C24H19O4PS.Ni/c25-30(26,27)24-18-10-9-17-23(24)29(20-13-5-2-6-14-20)22-16-8-7-15-21(22)28-19-11-3-1-4-12-19;/h1-18H,(H,25,26,27);. The van der Waals surface area contributed by atoms with E-state index in [0.717, 1.165) is 10.6 Å². The molecule has 0 aromatic heterocycles. The first kappa shape index (κ1) is 23.2. The summed E-state index contributed by atoms with van der Waals surface area (Å²) in [5.74, 6) is 1.33. The fourth-order valence-electron chi connectivity index (χ4n) is 3.19. The second-order valence-electron chi connectivity index (χ2n) is 6.50. The number of ether oxygens (including phenoxy) is 1. The summed E-state index contributed by atoms with van der Waals surface area (Å²) < 4.78 is 40.3. The Kier molecular flexibility index (Phi) is 7.64. The zero-order valence-electron chi connectivity index (χ0n) is 16.2. The zero-order chi connectivity index (χ0) is 21.0. The predicted octanol–water partition coefficient (Wildman–Crippen LogP) is 4.48. The Morgan fingerprint density at radius 3 is 1.81 bits per heavy atom. The summed E-state index contributed by atoms with van der Waals surface area (Å²) in [4.78, 5) is -0.0884. The van der Waals surface area contributed by atoms with E-state index in [1.165, 1.54) is 6.07 Å². The molecule has 0 amide bonds. The summed E-state index contributed by atoms with van der Waals surface area (Å²) in [5.41, 5.74) is 0. The molecule has 7 heteroatoms. The molecule has 4 nitrogen and oxygen atoms in total. The van der Waals surface area contributed by atoms with Gasteiger partial charge in [-0.1, -0.05) is 84.9 Å². The van der Waals surface area contributed by atoms with Crippen LogP contribution in [-0.2, 0) is 26.6 Å². The third-order valence-electron chi connectivity index (χ3n) is 4.48. The largest absolute Gasteiger partial charge is 0.457 e. The van der Waals surface area contributed by atoms with E-state index in [9.17, 15) is 13.0 Å². The molecule has 0 aliphatic heterocycles. The van der Waals surface area contributed by atoms with Crippen LogP contribution < -0.4 is 20.7 Å². The molecule has 0 bridgehead atoms. The van der Waals surface area contributed by atoms with Crippen LogP contribution in [0.1, 0.15) is 0 Å². The van der Waals surface area contributed by atoms with E-state index in [1.807, 2.05) is 84.9 Å². The van der Waals surface area contributed by atoms with Crippen LogP contribution in [0.5, 0.6) is 11.5 Å². The molecule has 0 aliphatic carbocycles. The average Bonchev–Trinajstić information content (AvgIpc) is 2.76. The maximum atomic E-state index is 12.1. The molecule has 1 N–H and O–H groups in total. The van der Waals surface area contributed by atoms with E-state index in [0.29, 0.717) is 16.8 Å². The van der Waals surface area contributed by atoms with E-state index in [-0.39, 0.29) is 21.4 Å². The van der Waals surface area contributed by atoms with Crippen LogP contribution in [0.3, 0.4) is 0 Å². The van der Waals surface area contributed by atoms with Gasteiger partial charge in [0.15, 0.2) is 0 Å². The molecule has 4 aromatic rings. The molecule has 0 saturated heterocycles. The average molecular weight is 493 g/mol. The summed E-state index contributed by atoms with van der Waals surface area (Å²) in [6, 6.07) is 33.3. The van der Waals surface area contributed by atoms with Crippen molar-refractivity contribution in [3.05, 3.63) is 109 Å². The van der Waals surface area contributed by atoms with E-state index in [4.69, 9.17) is 4.74 Å². The van der Waals surface area contributed by atoms with Crippen molar-refractivity contribution in [3.63, 3.8) is 0 Å². The molecule has 4 aromatic carbocycles. The van der Waals surface area contributed by atoms with Gasteiger partial charge in [-0.2, -0.15) is 8.42 Å². The third-order valence-corrected chi connectivity index (χ3v) is 8.08. The molecule has 4 rings (SSSR count). The smallest absolute Gasteiger partial charge is 0.295 e. The number of para-hydroxylation sites is 2. The van der Waals surface area contributed by atoms with Crippen LogP contribution in [0.25, 0.3) is 0 Å². The normalized spacial score (nSPS) is 11.9. The van der Waals surface area contributed by atoms with Crippen molar-refractivity contribution < 1.29 is 34.2 Å². The molecular weight excluding hydrogens is 474 g/mol. The Bertz CT molecular complexity index is 1250. The Labute approximate surface area is 193 Å². The molecular formula is C24H19NiO4PS. The number of rotatable bonds is 6. The van der Waals surface area contributed by atoms with Gasteiger partial charge in [0.05, 0.1) is 0 Å². The zero-order valence-corrected chi connectivity index (χ0v) is 18.9. The second kappa shape index (κ2) is 10.2. The summed E-state index contributed by atoms with van der Waals surface area (Å²) in [5, 5.41) is 2.36. The van der Waals surface area contributed by atoms with Crippen LogP contribution >= 0.6 is 7.92 Å². The fourth-order valence-corrected chi connectivity index (χ4v) is 6.78. The first-order valence-corrected chi connectivity index (χ1v) is 12.1. The molecule has 1 atom stereocenters. The molecule has 0 spiro atoms. The Morgan fingerprint density at radius 2 is 1.16 bits per heavy atom. The van der Waals surface area contributed by atoms with Crippen molar-refractivity contribution in [2.75, 3.05) is 0 Å². The van der Waals surface area contributed by atoms with E-state index < -0.39 is 18.0 Å². The summed E-state index contributed by atoms with van der Waals surface area (Å²) in [7, 11) is -5.70. The van der Waals surface area contributed by atoms with Crippen LogP contribution in [0.4, 0.5) is 0 Å². The number of hydrogen-bond donors (Lipinski definition) is 1. The first-order chi connectivity index (χ1) is 14.5. The van der Waals surface area contributed by atoms with Crippen molar-refractivity contribution in [2.45, 2.75) is 4.90 Å². The van der Waals surface area contributed by atoms with Gasteiger partial charge in [0.1, 0.15) is 16.4 Å². The molecule has 0 saturated carbocycles. The molecule has 0 aliphatic rings. The van der Waals surface area contributed by atoms with Crippen molar-refractivity contribution in [1.29, 1.82) is 0 Å². The van der Waals surface area contributed by atoms with Crippen molar-refractivity contribution in [1.82, 2.24) is 0 Å². The van der Waals surface area contributed by atoms with Crippen molar-refractivity contribution in [2.24, 2.45) is 0 Å². The van der Waals surface area contributed by atoms with Crippen LogP contribution in [-0.4, -0.2) is 13.0 Å². The Balaban J connectivity index is 0.00000272. The van der Waals surface area contributed by atoms with Crippen molar-refractivity contribution >= 4 is 34.0 Å². The van der Waals surface area contributed by atoms with Gasteiger partial charge in [-0.25, -0.2) is 0 Å². The monoisotopic (exact) mass is 492 g/mol. The van der Waals surface area contributed by atoms with Gasteiger partial charge in [0, 0.05) is 27.1 Å². The van der Waals surface area contributed by atoms with E-state index in [2.05, 4.69) is 0 Å². The molecule has 0 radical (unpaired) electrons. The fraction of sp³-hybridized carbons (Fsp3) is 0. The predicted molar refractivity (Wildman–Crippen MR) is 121 cm³/mol. The maximum absolute atomic E-state index is 12.1. The minimum atomic E-state index is -4.39. The number of hydrogen-bond acceptors (Lipinski definition) is 3. The topological polar surface area (TPSA) is 63.6 Å². The minimum absolute atomic E-state index is 0. The van der Waals surface area contributed by atoms with Crippen molar-refractivity contribution in [3.8, 4) is 11.5 Å². The van der Waals surface area contributed by atoms with Gasteiger partial charge in [-0.15, -0.1) is 0 Å². The van der Waals surface area contributed by atoms with Gasteiger partial charge in [0.2, 0.25) is 0 Å². The van der Waals surface area contributed by atoms with Gasteiger partial charge in [-0.3, -0.25) is 4.55 Å². The van der Waals surface area contributed by atoms with Crippen LogP contribution in [0.15, 0.2) is 114 Å². The van der Waals surface area contributed by atoms with Crippen LogP contribution in [0.2, 0.25) is 0 Å². The van der Waals surface area contributed by atoms with Gasteiger partial charge in [-0.05, 0) is 37.5 Å². The first-order valence-electron chi connectivity index (χ1n) is 9.28. The molecule has 1 unspecified atom stereocenters. The molecule has 0 heterocycles. The third kappa shape index (κ3) is 5.41. The maximum Gasteiger partial charge on any atom is 0.295 e. The van der Waals surface area contributed by atoms with E-state index in [1.54, 1.807) is 18.2 Å². The minimum Gasteiger partial charge on any atom is -0.457 e. The second-order valence-corrected chi connectivity index (χ2v) is 10.0. The Hall–Kier alpha value is -2.49. The summed E-state index contributed by atoms with van der Waals surface area (Å²) in [6.45, 7) is 0. The van der Waals surface area contributed by atoms with Crippen LogP contribution in [0, 0.1) is 0 Å². The van der Waals surface area contributed by atoms with Gasteiger partial charge < -0.3 is 4.74 Å². The quantitative estimate of drug-likeness (QED) is 0.245. The molecule has 0 fully saturated rings. The summed E-state index contributed by atoms with van der Waals surface area (Å²) in [6.07, 6.45) is 0. The number of benzene rings is 4. The molecule has 31 heavy (non-hydrogen) atoms. The SMILES string of the molecule is O=S(=O)(O)c1ccccc1P(c1ccccc1)c1ccccc1Oc1ccccc1.[Ni]. The van der Waals surface area contributed by atoms with E-state index >= 15 is 0 Å². The Morgan fingerprint density at radius 1 is 0.645 bits per heavy atom. The molecule has 160 valence electrons. The van der Waals surface area contributed by atoms with Gasteiger partial charge >= 0.3 is 0 Å². The summed E-state index contributed by atoms with van der Waals surface area (Å²) >= 11 is 0.